The minimum absolute atomic E-state index is 0.0743. The van der Waals surface area contributed by atoms with E-state index < -0.39 is 37.0 Å². The maximum atomic E-state index is 12.3. The number of carbonyl (C=O) groups is 1. The van der Waals surface area contributed by atoms with Crippen LogP contribution in [0.1, 0.15) is 70.4 Å². The quantitative estimate of drug-likeness (QED) is 0.0876. The smallest absolute Gasteiger partial charge is 0.303 e. The third-order valence-electron chi connectivity index (χ3n) is 9.87. The summed E-state index contributed by atoms with van der Waals surface area (Å²) in [5, 5.41) is 9.13. The van der Waals surface area contributed by atoms with Crippen molar-refractivity contribution in [3.05, 3.63) is 71.5 Å². The lowest BCUT2D eigenvalue weighted by molar-refractivity contribution is -0.442. The number of unbranched alkanes of at least 4 members (excludes halogenated alkanes) is 2. The van der Waals surface area contributed by atoms with Crippen LogP contribution >= 0.6 is 0 Å². The van der Waals surface area contributed by atoms with Gasteiger partial charge >= 0.3 is 5.97 Å². The number of benzene rings is 2. The van der Waals surface area contributed by atoms with Crippen molar-refractivity contribution in [3.63, 3.8) is 0 Å². The van der Waals surface area contributed by atoms with E-state index in [0.29, 0.717) is 71.6 Å². The molecule has 1 unspecified atom stereocenters. The normalized spacial score (nSPS) is 19.2. The molecule has 286 valence electrons. The lowest BCUT2D eigenvalue weighted by Crippen LogP contribution is -2.30. The second-order valence-corrected chi connectivity index (χ2v) is 16.6. The number of carboxylic acid groups (broad SMARTS) is 1. The van der Waals surface area contributed by atoms with Crippen LogP contribution < -0.4 is 4.90 Å². The van der Waals surface area contributed by atoms with Crippen LogP contribution in [-0.2, 0) is 50.1 Å². The van der Waals surface area contributed by atoms with Crippen LogP contribution in [0.3, 0.4) is 0 Å². The second-order valence-electron chi connectivity index (χ2n) is 13.8. The zero-order valence-corrected chi connectivity index (χ0v) is 32.1. The predicted octanol–water partition coefficient (Wildman–Crippen LogP) is 5.51. The number of hydrogen-bond donors (Lipinski definition) is 3. The SMILES string of the molecule is COCCCC1(C)C(=CC=CC2=[N+](CCOCCOC)c3ccc(S(=O)(=O)O)cc3C2(C)C)N(CCCCCC(=O)O)c2ccc(S(=O)(=O)O)cc21. The molecule has 2 aliphatic rings. The predicted molar refractivity (Wildman–Crippen MR) is 197 cm³/mol. The van der Waals surface area contributed by atoms with Crippen LogP contribution in [0.5, 0.6) is 0 Å². The lowest BCUT2D eigenvalue weighted by Gasteiger charge is -2.30. The van der Waals surface area contributed by atoms with Gasteiger partial charge in [0.25, 0.3) is 20.2 Å². The molecule has 0 bridgehead atoms. The summed E-state index contributed by atoms with van der Waals surface area (Å²) in [6, 6.07) is 9.20. The number of nitrogens with zero attached hydrogens (tertiary/aromatic N) is 2. The topological polar surface area (TPSA) is 180 Å². The first-order valence-corrected chi connectivity index (χ1v) is 20.2. The van der Waals surface area contributed by atoms with Crippen molar-refractivity contribution < 1.29 is 54.6 Å². The molecule has 4 rings (SSSR count). The monoisotopic (exact) mass is 763 g/mol. The third kappa shape index (κ3) is 9.37. The molecule has 52 heavy (non-hydrogen) atoms. The van der Waals surface area contributed by atoms with E-state index in [1.165, 1.54) is 24.3 Å². The second kappa shape index (κ2) is 17.1. The standard InChI is InChI=1S/C37H50N2O11S2/c1-36(2)29-25-27(51(42,43)44)14-16-31(29)39(20-22-50-24-23-49-5)33(36)11-9-12-34-37(3,18-10-21-48-4)30-26-28(52(45,46)47)15-17-32(30)38(34)19-8-6-7-13-35(40)41/h9,11-12,14-17,25-26H,6-8,10,13,18-24H2,1-5H3,(H2-,40,41,42,43,44,45,46,47)/p+1. The number of hydrogen-bond acceptors (Lipinski definition) is 9. The largest absolute Gasteiger partial charge is 0.481 e. The minimum Gasteiger partial charge on any atom is -0.481 e. The third-order valence-corrected chi connectivity index (χ3v) is 11.6. The van der Waals surface area contributed by atoms with Gasteiger partial charge in [-0.15, -0.1) is 0 Å². The van der Waals surface area contributed by atoms with Crippen LogP contribution in [0, 0.1) is 0 Å². The molecule has 1 atom stereocenters. The molecule has 13 nitrogen and oxygen atoms in total. The Morgan fingerprint density at radius 2 is 1.50 bits per heavy atom. The van der Waals surface area contributed by atoms with E-state index in [4.69, 9.17) is 19.3 Å². The van der Waals surface area contributed by atoms with E-state index >= 15 is 0 Å². The first-order valence-electron chi connectivity index (χ1n) is 17.3. The number of carboxylic acids is 1. The summed E-state index contributed by atoms with van der Waals surface area (Å²) in [4.78, 5) is 12.9. The fraction of sp³-hybridized carbons (Fsp3) is 0.514. The van der Waals surface area contributed by atoms with Gasteiger partial charge in [-0.3, -0.25) is 13.9 Å². The fourth-order valence-electron chi connectivity index (χ4n) is 7.18. The minimum atomic E-state index is -4.48. The van der Waals surface area contributed by atoms with Crippen LogP contribution in [0.25, 0.3) is 0 Å². The van der Waals surface area contributed by atoms with Gasteiger partial charge in [0.2, 0.25) is 5.69 Å². The van der Waals surface area contributed by atoms with Crippen molar-refractivity contribution in [2.75, 3.05) is 58.6 Å². The van der Waals surface area contributed by atoms with Gasteiger partial charge < -0.3 is 24.2 Å². The molecule has 2 heterocycles. The average molecular weight is 764 g/mol. The Bertz CT molecular complexity index is 1940. The van der Waals surface area contributed by atoms with Gasteiger partial charge in [-0.05, 0) is 88.4 Å². The number of allylic oxidation sites excluding steroid dienone is 4. The van der Waals surface area contributed by atoms with Crippen molar-refractivity contribution in [3.8, 4) is 0 Å². The fourth-order valence-corrected chi connectivity index (χ4v) is 8.19. The highest BCUT2D eigenvalue weighted by atomic mass is 32.2. The maximum Gasteiger partial charge on any atom is 0.303 e. The van der Waals surface area contributed by atoms with Crippen LogP contribution in [0.15, 0.2) is 70.1 Å². The van der Waals surface area contributed by atoms with Gasteiger partial charge in [-0.2, -0.15) is 21.4 Å². The summed E-state index contributed by atoms with van der Waals surface area (Å²) in [5.41, 5.74) is 3.48. The Balaban J connectivity index is 1.82. The van der Waals surface area contributed by atoms with E-state index in [0.717, 1.165) is 33.9 Å². The van der Waals surface area contributed by atoms with Gasteiger partial charge in [0.05, 0.1) is 28.4 Å². The molecule has 0 aromatic heterocycles. The molecule has 0 saturated carbocycles. The van der Waals surface area contributed by atoms with Crippen molar-refractivity contribution in [2.24, 2.45) is 0 Å². The molecule has 2 aliphatic heterocycles. The zero-order valence-electron chi connectivity index (χ0n) is 30.5. The van der Waals surface area contributed by atoms with Gasteiger partial charge in [0, 0.05) is 68.3 Å². The summed E-state index contributed by atoms with van der Waals surface area (Å²) in [6.07, 6.45) is 9.16. The Morgan fingerprint density at radius 1 is 0.846 bits per heavy atom. The summed E-state index contributed by atoms with van der Waals surface area (Å²) in [6.45, 7) is 8.73. The van der Waals surface area contributed by atoms with E-state index in [1.807, 2.05) is 39.0 Å². The Morgan fingerprint density at radius 3 is 2.13 bits per heavy atom. The van der Waals surface area contributed by atoms with Gasteiger partial charge in [-0.1, -0.05) is 12.5 Å². The zero-order chi connectivity index (χ0) is 38.3. The molecule has 2 aromatic rings. The molecule has 0 aliphatic carbocycles. The molecule has 0 amide bonds. The van der Waals surface area contributed by atoms with Crippen LogP contribution in [-0.4, -0.2) is 101 Å². The molecule has 15 heteroatoms. The van der Waals surface area contributed by atoms with Crippen LogP contribution in [0.4, 0.5) is 11.4 Å². The summed E-state index contributed by atoms with van der Waals surface area (Å²) >= 11 is 0. The van der Waals surface area contributed by atoms with E-state index in [-0.39, 0.29) is 16.2 Å². The number of methoxy groups -OCH3 is 2. The van der Waals surface area contributed by atoms with Crippen molar-refractivity contribution in [1.29, 1.82) is 0 Å². The molecular formula is C37H51N2O11S2+. The Kier molecular flexibility index (Phi) is 13.6. The molecule has 2 aromatic carbocycles. The first-order chi connectivity index (χ1) is 24.5. The molecule has 0 radical (unpaired) electrons. The molecule has 0 fully saturated rings. The highest BCUT2D eigenvalue weighted by Crippen LogP contribution is 2.51. The van der Waals surface area contributed by atoms with Gasteiger partial charge in [-0.25, -0.2) is 0 Å². The molecule has 0 saturated heterocycles. The first kappa shape index (κ1) is 41.3. The average Bonchev–Trinajstić information content (AvgIpc) is 3.42. The van der Waals surface area contributed by atoms with Crippen LogP contribution in [0.2, 0.25) is 0 Å². The van der Waals surface area contributed by atoms with Crippen molar-refractivity contribution in [1.82, 2.24) is 0 Å². The number of ether oxygens (including phenoxy) is 3. The van der Waals surface area contributed by atoms with E-state index in [1.54, 1.807) is 26.4 Å². The van der Waals surface area contributed by atoms with Crippen molar-refractivity contribution >= 4 is 43.3 Å². The summed E-state index contributed by atoms with van der Waals surface area (Å²) < 4.78 is 86.8. The number of anilines is 1. The number of aliphatic carboxylic acids is 1. The molecular weight excluding hydrogens is 713 g/mol. The Labute approximate surface area is 307 Å². The molecule has 3 N–H and O–H groups in total. The van der Waals surface area contributed by atoms with E-state index in [9.17, 15) is 30.7 Å². The van der Waals surface area contributed by atoms with Crippen molar-refractivity contribution in [2.45, 2.75) is 79.9 Å². The van der Waals surface area contributed by atoms with E-state index in [2.05, 4.69) is 9.48 Å². The lowest BCUT2D eigenvalue weighted by atomic mass is 9.77. The molecule has 0 spiro atoms. The summed E-state index contributed by atoms with van der Waals surface area (Å²) in [7, 11) is -5.70. The highest BCUT2D eigenvalue weighted by molar-refractivity contribution is 7.86. The Hall–Kier alpha value is -3.44. The highest BCUT2D eigenvalue weighted by Gasteiger charge is 2.46. The van der Waals surface area contributed by atoms with Gasteiger partial charge in [0.15, 0.2) is 12.3 Å². The number of rotatable bonds is 20. The van der Waals surface area contributed by atoms with Gasteiger partial charge in [0.1, 0.15) is 6.61 Å². The summed E-state index contributed by atoms with van der Waals surface area (Å²) in [5.74, 6) is -0.847. The number of fused-ring (bicyclic) bond motifs is 2. The maximum absolute atomic E-state index is 12.3.